The largest absolute Gasteiger partial charge is 0.443 e. The first-order valence-electron chi connectivity index (χ1n) is 15.0. The number of halogens is 3. The van der Waals surface area contributed by atoms with Crippen molar-refractivity contribution in [1.29, 1.82) is 0 Å². The summed E-state index contributed by atoms with van der Waals surface area (Å²) in [6, 6.07) is 5.13. The Morgan fingerprint density at radius 2 is 1.89 bits per heavy atom. The second-order valence-corrected chi connectivity index (χ2v) is 21.9. The van der Waals surface area contributed by atoms with Crippen LogP contribution in [0.5, 0.6) is 0 Å². The van der Waals surface area contributed by atoms with Crippen molar-refractivity contribution >= 4 is 64.8 Å². The van der Waals surface area contributed by atoms with Crippen LogP contribution in [0.15, 0.2) is 40.2 Å². The van der Waals surface area contributed by atoms with Crippen LogP contribution in [-0.4, -0.2) is 82.8 Å². The number of ether oxygens (including phenoxy) is 2. The second-order valence-electron chi connectivity index (χ2n) is 14.2. The fraction of sp³-hybridized carbons (Fsp3) is 0.531. The molecule has 4 rings (SSSR count). The van der Waals surface area contributed by atoms with Gasteiger partial charge in [0.1, 0.15) is 33.2 Å². The van der Waals surface area contributed by atoms with Crippen LogP contribution in [0.3, 0.4) is 0 Å². The van der Waals surface area contributed by atoms with E-state index in [0.717, 1.165) is 6.04 Å². The van der Waals surface area contributed by atoms with Gasteiger partial charge in [-0.2, -0.15) is 0 Å². The van der Waals surface area contributed by atoms with Crippen molar-refractivity contribution in [1.82, 2.24) is 19.8 Å². The van der Waals surface area contributed by atoms with E-state index in [1.54, 1.807) is 41.8 Å². The molecule has 0 unspecified atom stereocenters. The summed E-state index contributed by atoms with van der Waals surface area (Å²) in [5.41, 5.74) is -1.53. The summed E-state index contributed by atoms with van der Waals surface area (Å²) in [5.74, 6) is -1.78. The summed E-state index contributed by atoms with van der Waals surface area (Å²) >= 11 is 4.37. The molecule has 250 valence electrons. The number of amidine groups is 1. The third kappa shape index (κ3) is 8.23. The van der Waals surface area contributed by atoms with Crippen molar-refractivity contribution in [2.45, 2.75) is 75.7 Å². The van der Waals surface area contributed by atoms with E-state index < -0.39 is 47.6 Å². The van der Waals surface area contributed by atoms with Crippen molar-refractivity contribution in [3.63, 3.8) is 0 Å². The molecule has 0 N–H and O–H groups in total. The Labute approximate surface area is 283 Å². The molecule has 1 aromatic carbocycles. The molecule has 1 aliphatic heterocycles. The van der Waals surface area contributed by atoms with Crippen LogP contribution in [0, 0.1) is 11.7 Å². The highest BCUT2D eigenvalue weighted by atomic mass is 79.9. The van der Waals surface area contributed by atoms with Crippen LogP contribution < -0.4 is 0 Å². The van der Waals surface area contributed by atoms with Crippen LogP contribution in [-0.2, 0) is 19.8 Å². The number of aromatic nitrogens is 2. The van der Waals surface area contributed by atoms with Crippen LogP contribution in [0.4, 0.5) is 13.6 Å². The van der Waals surface area contributed by atoms with E-state index in [2.05, 4.69) is 45.5 Å². The molecular weight excluding hydrogens is 696 g/mol. The molecule has 2 aromatic rings. The highest BCUT2D eigenvalue weighted by Crippen LogP contribution is 2.67. The monoisotopic (exact) mass is 737 g/mol. The third-order valence-corrected chi connectivity index (χ3v) is 11.3. The highest BCUT2D eigenvalue weighted by Gasteiger charge is 2.71. The molecule has 2 heterocycles. The Morgan fingerprint density at radius 1 is 1.20 bits per heavy atom. The number of hydrogen-bond acceptors (Lipinski definition) is 8. The molecule has 0 radical (unpaired) electrons. The number of carbonyl (C=O) groups excluding carboxylic acids is 2. The lowest BCUT2D eigenvalue weighted by Crippen LogP contribution is -2.48. The maximum atomic E-state index is 15.8. The molecule has 3 atom stereocenters. The smallest absolute Gasteiger partial charge is 0.418 e. The SMILES string of the molecule is CN(C)C(=O)[C@]12C[C@H]1[C@@](C)(c1cc(/C=C(\F)c3cnc(Br)cn3)ccc1F)N=C(N(COCC[Si](C)(C)C)C(=O)OC(C)(C)C)S2. The molecular formula is C32H42BrF2N5O4SSi. The Balaban J connectivity index is 1.80. The van der Waals surface area contributed by atoms with Crippen molar-refractivity contribution in [2.75, 3.05) is 27.4 Å². The summed E-state index contributed by atoms with van der Waals surface area (Å²) in [4.78, 5) is 43.2. The zero-order valence-corrected chi connectivity index (χ0v) is 31.2. The Bertz CT molecular complexity index is 1550. The van der Waals surface area contributed by atoms with E-state index in [-0.39, 0.29) is 29.1 Å². The van der Waals surface area contributed by atoms with Crippen LogP contribution in [0.1, 0.15) is 50.9 Å². The number of benzene rings is 1. The van der Waals surface area contributed by atoms with Gasteiger partial charge in [0.25, 0.3) is 0 Å². The molecule has 1 fully saturated rings. The highest BCUT2D eigenvalue weighted by molar-refractivity contribution is 9.10. The number of amides is 2. The molecule has 2 aliphatic rings. The Hall–Kier alpha value is -2.68. The molecule has 0 spiro atoms. The average Bonchev–Trinajstić information content (AvgIpc) is 3.69. The van der Waals surface area contributed by atoms with Crippen LogP contribution in [0.25, 0.3) is 11.9 Å². The van der Waals surface area contributed by atoms with E-state index >= 15 is 8.78 Å². The summed E-state index contributed by atoms with van der Waals surface area (Å²) in [7, 11) is 1.91. The van der Waals surface area contributed by atoms with Crippen molar-refractivity contribution in [3.05, 3.63) is 57.8 Å². The Morgan fingerprint density at radius 3 is 2.48 bits per heavy atom. The summed E-state index contributed by atoms with van der Waals surface area (Å²) < 4.78 is 42.2. The minimum Gasteiger partial charge on any atom is -0.443 e. The molecule has 0 bridgehead atoms. The van der Waals surface area contributed by atoms with E-state index in [9.17, 15) is 9.59 Å². The third-order valence-electron chi connectivity index (χ3n) is 7.71. The standard InChI is InChI=1S/C32H42BrF2N5O4SSi/c1-30(2,3)44-29(42)40(19-43-12-13-46(7,8)9)28-38-31(4,25-16-32(25,45-28)27(41)39(5)6)21-14-20(10-11-22(21)34)15-23(35)24-17-37-26(33)18-36-24/h10-11,14-15,17-18,25H,12-13,16,19H2,1-9H3/b23-15-/t25-,31+,32-/m0/s1. The fourth-order valence-corrected chi connectivity index (χ4v) is 7.86. The first-order valence-corrected chi connectivity index (χ1v) is 20.3. The lowest BCUT2D eigenvalue weighted by atomic mass is 9.84. The first kappa shape index (κ1) is 36.2. The molecule has 1 aliphatic carbocycles. The normalized spacial score (nSPS) is 22.9. The van der Waals surface area contributed by atoms with Crippen molar-refractivity contribution < 1.29 is 27.8 Å². The Kier molecular flexibility index (Phi) is 10.6. The van der Waals surface area contributed by atoms with E-state index in [4.69, 9.17) is 14.5 Å². The van der Waals surface area contributed by atoms with Gasteiger partial charge in [0.2, 0.25) is 5.91 Å². The molecule has 46 heavy (non-hydrogen) atoms. The van der Waals surface area contributed by atoms with Gasteiger partial charge in [-0.15, -0.1) is 0 Å². The van der Waals surface area contributed by atoms with Crippen molar-refractivity contribution in [3.8, 4) is 0 Å². The van der Waals surface area contributed by atoms with E-state index in [1.807, 2.05) is 0 Å². The number of fused-ring (bicyclic) bond motifs is 1. The maximum absolute atomic E-state index is 15.8. The number of aliphatic imine (C=N–C) groups is 1. The van der Waals surface area contributed by atoms with Gasteiger partial charge in [0.15, 0.2) is 11.0 Å². The lowest BCUT2D eigenvalue weighted by molar-refractivity contribution is -0.129. The maximum Gasteiger partial charge on any atom is 0.418 e. The fourth-order valence-electron chi connectivity index (χ4n) is 5.21. The van der Waals surface area contributed by atoms with Gasteiger partial charge < -0.3 is 14.4 Å². The first-order chi connectivity index (χ1) is 21.3. The molecule has 14 heteroatoms. The van der Waals surface area contributed by atoms with Gasteiger partial charge in [0.05, 0.1) is 17.9 Å². The number of thioether (sulfide) groups is 1. The summed E-state index contributed by atoms with van der Waals surface area (Å²) in [6.45, 7) is 14.0. The number of carbonyl (C=O) groups is 2. The summed E-state index contributed by atoms with van der Waals surface area (Å²) in [6.07, 6.45) is 3.64. The minimum absolute atomic E-state index is 0.0228. The predicted molar refractivity (Wildman–Crippen MR) is 184 cm³/mol. The summed E-state index contributed by atoms with van der Waals surface area (Å²) in [5, 5.41) is 0.199. The molecule has 0 saturated heterocycles. The predicted octanol–water partition coefficient (Wildman–Crippen LogP) is 7.56. The van der Waals surface area contributed by atoms with Gasteiger partial charge >= 0.3 is 6.09 Å². The number of nitrogens with zero attached hydrogens (tertiary/aromatic N) is 5. The van der Waals surface area contributed by atoms with Crippen molar-refractivity contribution in [2.24, 2.45) is 10.9 Å². The molecule has 1 aromatic heterocycles. The van der Waals surface area contributed by atoms with Gasteiger partial charge in [-0.05, 0) is 79.9 Å². The number of rotatable bonds is 9. The second kappa shape index (κ2) is 13.4. The van der Waals surface area contributed by atoms with Gasteiger partial charge in [0, 0.05) is 40.3 Å². The van der Waals surface area contributed by atoms with E-state index in [0.29, 0.717) is 23.2 Å². The van der Waals surface area contributed by atoms with Crippen LogP contribution >= 0.6 is 27.7 Å². The zero-order chi connectivity index (χ0) is 34.2. The van der Waals surface area contributed by atoms with Gasteiger partial charge in [-0.25, -0.2) is 28.4 Å². The molecule has 9 nitrogen and oxygen atoms in total. The molecule has 2 amide bonds. The average molecular weight is 739 g/mol. The quantitative estimate of drug-likeness (QED) is 0.149. The zero-order valence-electron chi connectivity index (χ0n) is 27.8. The number of hydrogen-bond donors (Lipinski definition) is 0. The van der Waals surface area contributed by atoms with E-state index in [1.165, 1.54) is 58.2 Å². The lowest BCUT2D eigenvalue weighted by Gasteiger charge is -2.38. The topological polar surface area (TPSA) is 97.2 Å². The van der Waals surface area contributed by atoms with Crippen LogP contribution in [0.2, 0.25) is 25.7 Å². The minimum atomic E-state index is -1.42. The molecule has 1 saturated carbocycles. The van der Waals surface area contributed by atoms with Gasteiger partial charge in [-0.3, -0.25) is 9.79 Å². The van der Waals surface area contributed by atoms with Gasteiger partial charge in [-0.1, -0.05) is 37.5 Å².